The summed E-state index contributed by atoms with van der Waals surface area (Å²) in [7, 11) is 0. The largest absolute Gasteiger partial charge is 0.368 e. The predicted molar refractivity (Wildman–Crippen MR) is 72.8 cm³/mol. The van der Waals surface area contributed by atoms with E-state index in [-0.39, 0.29) is 5.82 Å². The average molecular weight is 269 g/mol. The maximum absolute atomic E-state index is 13.2. The maximum atomic E-state index is 13.2. The van der Waals surface area contributed by atoms with Crippen molar-refractivity contribution in [3.8, 4) is 0 Å². The molecular weight excluding hydrogens is 251 g/mol. The van der Waals surface area contributed by atoms with Gasteiger partial charge in [-0.3, -0.25) is 4.90 Å². The Balaban J connectivity index is 1.82. The van der Waals surface area contributed by atoms with Gasteiger partial charge in [0.05, 0.1) is 0 Å². The standard InChI is InChI=1S/C14H18ClFN2/c15-9-11-8-12(16)3-4-14(11)18-7-6-17-5-1-2-13(17)10-18/h3-4,8,13H,1-2,5-7,9-10H2. The summed E-state index contributed by atoms with van der Waals surface area (Å²) < 4.78 is 13.2. The molecule has 98 valence electrons. The van der Waals surface area contributed by atoms with Gasteiger partial charge in [-0.1, -0.05) is 0 Å². The fourth-order valence-corrected chi connectivity index (χ4v) is 3.39. The molecule has 2 fully saturated rings. The van der Waals surface area contributed by atoms with Gasteiger partial charge in [-0.25, -0.2) is 4.39 Å². The molecule has 2 saturated heterocycles. The number of benzene rings is 1. The predicted octanol–water partition coefficient (Wildman–Crippen LogP) is 2.85. The fraction of sp³-hybridized carbons (Fsp3) is 0.571. The summed E-state index contributed by atoms with van der Waals surface area (Å²) in [5.41, 5.74) is 2.01. The third-order valence-corrected chi connectivity index (χ3v) is 4.40. The number of anilines is 1. The maximum Gasteiger partial charge on any atom is 0.123 e. The van der Waals surface area contributed by atoms with Crippen molar-refractivity contribution in [1.82, 2.24) is 4.90 Å². The van der Waals surface area contributed by atoms with E-state index in [1.165, 1.54) is 25.5 Å². The summed E-state index contributed by atoms with van der Waals surface area (Å²) in [6.07, 6.45) is 2.60. The first-order valence-electron chi connectivity index (χ1n) is 6.61. The highest BCUT2D eigenvalue weighted by atomic mass is 35.5. The molecule has 0 radical (unpaired) electrons. The molecule has 1 aromatic rings. The smallest absolute Gasteiger partial charge is 0.123 e. The second-order valence-corrected chi connectivity index (χ2v) is 5.45. The number of alkyl halides is 1. The number of fused-ring (bicyclic) bond motifs is 1. The molecule has 4 heteroatoms. The van der Waals surface area contributed by atoms with Gasteiger partial charge in [0.25, 0.3) is 0 Å². The van der Waals surface area contributed by atoms with Crippen LogP contribution in [0, 0.1) is 5.82 Å². The van der Waals surface area contributed by atoms with Crippen molar-refractivity contribution in [1.29, 1.82) is 0 Å². The first-order chi connectivity index (χ1) is 8.78. The van der Waals surface area contributed by atoms with Crippen LogP contribution in [0.4, 0.5) is 10.1 Å². The first kappa shape index (κ1) is 12.2. The molecule has 1 aromatic carbocycles. The molecule has 2 heterocycles. The molecule has 0 aliphatic carbocycles. The van der Waals surface area contributed by atoms with Gasteiger partial charge in [-0.05, 0) is 43.1 Å². The minimum atomic E-state index is -0.200. The topological polar surface area (TPSA) is 6.48 Å². The van der Waals surface area contributed by atoms with Crippen LogP contribution in [0.2, 0.25) is 0 Å². The number of hydrogen-bond acceptors (Lipinski definition) is 2. The van der Waals surface area contributed by atoms with E-state index in [1.54, 1.807) is 6.07 Å². The third-order valence-electron chi connectivity index (χ3n) is 4.11. The van der Waals surface area contributed by atoms with Crippen molar-refractivity contribution < 1.29 is 4.39 Å². The van der Waals surface area contributed by atoms with Gasteiger partial charge < -0.3 is 4.90 Å². The molecule has 2 aliphatic rings. The Labute approximate surface area is 112 Å². The van der Waals surface area contributed by atoms with Crippen LogP contribution in [0.3, 0.4) is 0 Å². The van der Waals surface area contributed by atoms with Crippen LogP contribution in [0.25, 0.3) is 0 Å². The molecular formula is C14H18ClFN2. The van der Waals surface area contributed by atoms with E-state index in [4.69, 9.17) is 11.6 Å². The molecule has 18 heavy (non-hydrogen) atoms. The van der Waals surface area contributed by atoms with Gasteiger partial charge in [-0.2, -0.15) is 0 Å². The Morgan fingerprint density at radius 2 is 2.17 bits per heavy atom. The number of hydrogen-bond donors (Lipinski definition) is 0. The number of piperazine rings is 1. The van der Waals surface area contributed by atoms with Gasteiger partial charge in [-0.15, -0.1) is 11.6 Å². The lowest BCUT2D eigenvalue weighted by atomic mass is 10.1. The molecule has 0 aromatic heterocycles. The summed E-state index contributed by atoms with van der Waals surface area (Å²) in [4.78, 5) is 4.93. The van der Waals surface area contributed by atoms with Gasteiger partial charge in [0.1, 0.15) is 5.82 Å². The zero-order chi connectivity index (χ0) is 12.5. The summed E-state index contributed by atoms with van der Waals surface area (Å²) in [5.74, 6) is 0.173. The Morgan fingerprint density at radius 3 is 3.00 bits per heavy atom. The van der Waals surface area contributed by atoms with E-state index in [2.05, 4.69) is 9.80 Å². The average Bonchev–Trinajstić information content (AvgIpc) is 2.85. The lowest BCUT2D eigenvalue weighted by molar-refractivity contribution is 0.231. The summed E-state index contributed by atoms with van der Waals surface area (Å²) in [6, 6.07) is 5.64. The number of halogens is 2. The molecule has 0 amide bonds. The summed E-state index contributed by atoms with van der Waals surface area (Å²) in [6.45, 7) is 4.43. The van der Waals surface area contributed by atoms with E-state index < -0.39 is 0 Å². The van der Waals surface area contributed by atoms with Crippen molar-refractivity contribution in [3.63, 3.8) is 0 Å². The molecule has 0 saturated carbocycles. The molecule has 0 spiro atoms. The minimum absolute atomic E-state index is 0.200. The van der Waals surface area contributed by atoms with Crippen molar-refractivity contribution in [2.45, 2.75) is 24.8 Å². The Hall–Kier alpha value is -0.800. The van der Waals surface area contributed by atoms with E-state index in [1.807, 2.05) is 6.07 Å². The van der Waals surface area contributed by atoms with Crippen LogP contribution >= 0.6 is 11.6 Å². The Bertz CT molecular complexity index is 438. The van der Waals surface area contributed by atoms with E-state index in [0.717, 1.165) is 30.9 Å². The van der Waals surface area contributed by atoms with Crippen molar-refractivity contribution in [2.24, 2.45) is 0 Å². The summed E-state index contributed by atoms with van der Waals surface area (Å²) in [5, 5.41) is 0. The third kappa shape index (κ3) is 2.21. The van der Waals surface area contributed by atoms with Crippen LogP contribution in [0.1, 0.15) is 18.4 Å². The lowest BCUT2D eigenvalue weighted by Crippen LogP contribution is -2.50. The first-order valence-corrected chi connectivity index (χ1v) is 7.15. The fourth-order valence-electron chi connectivity index (χ4n) is 3.18. The quantitative estimate of drug-likeness (QED) is 0.761. The van der Waals surface area contributed by atoms with Crippen LogP contribution in [-0.2, 0) is 5.88 Å². The normalized spacial score (nSPS) is 24.3. The molecule has 3 rings (SSSR count). The highest BCUT2D eigenvalue weighted by Gasteiger charge is 2.31. The zero-order valence-corrected chi connectivity index (χ0v) is 11.2. The SMILES string of the molecule is Fc1ccc(N2CCN3CCCC3C2)c(CCl)c1. The van der Waals surface area contributed by atoms with Gasteiger partial charge in [0.15, 0.2) is 0 Å². The molecule has 0 N–H and O–H groups in total. The van der Waals surface area contributed by atoms with Crippen molar-refractivity contribution >= 4 is 17.3 Å². The van der Waals surface area contributed by atoms with Crippen LogP contribution < -0.4 is 4.90 Å². The van der Waals surface area contributed by atoms with Gasteiger partial charge in [0, 0.05) is 37.2 Å². The van der Waals surface area contributed by atoms with Gasteiger partial charge >= 0.3 is 0 Å². The lowest BCUT2D eigenvalue weighted by Gasteiger charge is -2.39. The van der Waals surface area contributed by atoms with Crippen LogP contribution in [-0.4, -0.2) is 37.1 Å². The number of rotatable bonds is 2. The van der Waals surface area contributed by atoms with E-state index in [0.29, 0.717) is 11.9 Å². The second-order valence-electron chi connectivity index (χ2n) is 5.18. The summed E-state index contributed by atoms with van der Waals surface area (Å²) >= 11 is 5.93. The van der Waals surface area contributed by atoms with Gasteiger partial charge in [0.2, 0.25) is 0 Å². The highest BCUT2D eigenvalue weighted by molar-refractivity contribution is 6.17. The molecule has 0 bridgehead atoms. The second kappa shape index (κ2) is 5.06. The van der Waals surface area contributed by atoms with Crippen molar-refractivity contribution in [2.75, 3.05) is 31.1 Å². The molecule has 1 unspecified atom stereocenters. The van der Waals surface area contributed by atoms with Crippen LogP contribution in [0.5, 0.6) is 0 Å². The zero-order valence-electron chi connectivity index (χ0n) is 10.4. The molecule has 2 nitrogen and oxygen atoms in total. The minimum Gasteiger partial charge on any atom is -0.368 e. The Kier molecular flexibility index (Phi) is 3.44. The van der Waals surface area contributed by atoms with Crippen molar-refractivity contribution in [3.05, 3.63) is 29.6 Å². The van der Waals surface area contributed by atoms with E-state index >= 15 is 0 Å². The molecule has 2 aliphatic heterocycles. The highest BCUT2D eigenvalue weighted by Crippen LogP contribution is 2.29. The van der Waals surface area contributed by atoms with E-state index in [9.17, 15) is 4.39 Å². The molecule has 1 atom stereocenters. The monoisotopic (exact) mass is 268 g/mol. The Morgan fingerprint density at radius 1 is 1.28 bits per heavy atom. The van der Waals surface area contributed by atoms with Crippen LogP contribution in [0.15, 0.2) is 18.2 Å². The number of nitrogens with zero attached hydrogens (tertiary/aromatic N) is 2.